The lowest BCUT2D eigenvalue weighted by Crippen LogP contribution is -2.41. The Morgan fingerprint density at radius 2 is 1.97 bits per heavy atom. The number of hydrogen-bond donors (Lipinski definition) is 3. The molecule has 1 aliphatic heterocycles. The third kappa shape index (κ3) is 5.21. The van der Waals surface area contributed by atoms with Crippen molar-refractivity contribution in [1.82, 2.24) is 30.0 Å². The summed E-state index contributed by atoms with van der Waals surface area (Å²) in [5, 5.41) is 8.81. The van der Waals surface area contributed by atoms with Gasteiger partial charge in [-0.1, -0.05) is 12.1 Å². The van der Waals surface area contributed by atoms with E-state index in [0.29, 0.717) is 6.54 Å². The van der Waals surface area contributed by atoms with Crippen LogP contribution < -0.4 is 11.1 Å². The molecule has 0 atom stereocenters. The third-order valence-corrected chi connectivity index (χ3v) is 6.35. The van der Waals surface area contributed by atoms with Crippen LogP contribution in [0.2, 0.25) is 0 Å². The molecule has 4 heterocycles. The number of H-pyrrole nitrogens is 1. The molecule has 0 bridgehead atoms. The minimum Gasteiger partial charge on any atom is -0.399 e. The first-order valence-corrected chi connectivity index (χ1v) is 12.1. The number of nitrogens with zero attached hydrogens (tertiary/aromatic N) is 4. The lowest BCUT2D eigenvalue weighted by Gasteiger charge is -2.26. The van der Waals surface area contributed by atoms with E-state index in [1.807, 2.05) is 41.1 Å². The van der Waals surface area contributed by atoms with Gasteiger partial charge in [0, 0.05) is 73.0 Å². The highest BCUT2D eigenvalue weighted by molar-refractivity contribution is 5.97. The second kappa shape index (κ2) is 10.3. The number of aromatic nitrogens is 4. The number of fused-ring (bicyclic) bond motifs is 1. The molecule has 0 spiro atoms. The van der Waals surface area contributed by atoms with Crippen molar-refractivity contribution in [2.75, 3.05) is 45.1 Å². The molecule has 0 unspecified atom stereocenters. The Balaban J connectivity index is 1.36. The summed E-state index contributed by atoms with van der Waals surface area (Å²) in [7, 11) is 0. The Labute approximate surface area is 204 Å². The summed E-state index contributed by atoms with van der Waals surface area (Å²) in [5.41, 5.74) is 12.1. The average Bonchev–Trinajstić information content (AvgIpc) is 3.49. The number of rotatable bonds is 8. The van der Waals surface area contributed by atoms with Crippen molar-refractivity contribution in [3.05, 3.63) is 54.5 Å². The molecule has 5 rings (SSSR count). The van der Waals surface area contributed by atoms with Crippen molar-refractivity contribution in [1.29, 1.82) is 0 Å². The molecule has 9 nitrogen and oxygen atoms in total. The minimum atomic E-state index is -0.00673. The molecule has 0 radical (unpaired) electrons. The lowest BCUT2D eigenvalue weighted by atomic mass is 10.00. The van der Waals surface area contributed by atoms with Gasteiger partial charge in [0.05, 0.1) is 19.6 Å². The molecule has 9 heteroatoms. The van der Waals surface area contributed by atoms with Crippen LogP contribution in [0.15, 0.2) is 48.8 Å². The maximum absolute atomic E-state index is 12.6. The van der Waals surface area contributed by atoms with Gasteiger partial charge in [-0.15, -0.1) is 0 Å². The number of aromatic amines is 1. The fourth-order valence-corrected chi connectivity index (χ4v) is 4.46. The van der Waals surface area contributed by atoms with Gasteiger partial charge in [0.15, 0.2) is 0 Å². The smallest absolute Gasteiger partial charge is 0.225 e. The van der Waals surface area contributed by atoms with Gasteiger partial charge < -0.3 is 20.8 Å². The van der Waals surface area contributed by atoms with Crippen LogP contribution in [0.1, 0.15) is 12.6 Å². The van der Waals surface area contributed by atoms with Crippen molar-refractivity contribution in [2.45, 2.75) is 19.9 Å². The van der Waals surface area contributed by atoms with E-state index in [4.69, 9.17) is 15.6 Å². The van der Waals surface area contributed by atoms with Gasteiger partial charge in [-0.2, -0.15) is 5.10 Å². The highest BCUT2D eigenvalue weighted by Gasteiger charge is 2.18. The van der Waals surface area contributed by atoms with Gasteiger partial charge in [0.25, 0.3) is 0 Å². The van der Waals surface area contributed by atoms with Crippen LogP contribution in [-0.4, -0.2) is 69.9 Å². The lowest BCUT2D eigenvalue weighted by molar-refractivity contribution is -0.120. The first kappa shape index (κ1) is 23.1. The fourth-order valence-electron chi connectivity index (χ4n) is 4.46. The van der Waals surface area contributed by atoms with Gasteiger partial charge >= 0.3 is 0 Å². The van der Waals surface area contributed by atoms with Gasteiger partial charge in [-0.05, 0) is 36.8 Å². The number of nitrogen functional groups attached to an aromatic ring is 1. The number of pyridine rings is 1. The molecule has 1 fully saturated rings. The van der Waals surface area contributed by atoms with Crippen LogP contribution in [0.4, 0.5) is 5.69 Å². The number of nitrogens with two attached hydrogens (primary N) is 1. The van der Waals surface area contributed by atoms with Crippen molar-refractivity contribution in [3.8, 4) is 22.4 Å². The molecule has 4 N–H and O–H groups in total. The number of amides is 1. The molecular formula is C26H31N7O2. The normalized spacial score (nSPS) is 14.4. The number of carbonyl (C=O) groups excluding carboxylic acids is 1. The van der Waals surface area contributed by atoms with E-state index in [1.54, 1.807) is 6.20 Å². The maximum Gasteiger partial charge on any atom is 0.225 e. The standard InChI is InChI=1S/C26H31N7O2/c1-2-33-17-23(25(31-33)18-3-5-19(27)6-4-18)21-7-8-29-26-22(21)15-20(30-26)16-24(34)28-9-10-32-11-13-35-14-12-32/h3-8,15,17H,2,9-14,16,27H2,1H3,(H,28,34)(H,29,30). The molecule has 4 aromatic rings. The SMILES string of the molecule is CCn1cc(-c2ccnc3[nH]c(CC(=O)NCCN4CCOCC4)cc23)c(-c2ccc(N)cc2)n1. The summed E-state index contributed by atoms with van der Waals surface area (Å²) in [6.07, 6.45) is 4.12. The minimum absolute atomic E-state index is 0.00673. The maximum atomic E-state index is 12.6. The molecule has 1 amide bonds. The fraction of sp³-hybridized carbons (Fsp3) is 0.346. The van der Waals surface area contributed by atoms with Crippen molar-refractivity contribution in [2.24, 2.45) is 0 Å². The van der Waals surface area contributed by atoms with Crippen molar-refractivity contribution < 1.29 is 9.53 Å². The molecule has 35 heavy (non-hydrogen) atoms. The van der Waals surface area contributed by atoms with E-state index >= 15 is 0 Å². The number of carbonyl (C=O) groups is 1. The Morgan fingerprint density at radius 3 is 2.74 bits per heavy atom. The van der Waals surface area contributed by atoms with E-state index in [0.717, 1.165) is 84.2 Å². The number of hydrogen-bond acceptors (Lipinski definition) is 6. The van der Waals surface area contributed by atoms with Crippen molar-refractivity contribution in [3.63, 3.8) is 0 Å². The Kier molecular flexibility index (Phi) is 6.78. The van der Waals surface area contributed by atoms with E-state index in [-0.39, 0.29) is 12.3 Å². The van der Waals surface area contributed by atoms with Crippen LogP contribution in [0.5, 0.6) is 0 Å². The summed E-state index contributed by atoms with van der Waals surface area (Å²) in [6, 6.07) is 11.8. The van der Waals surface area contributed by atoms with Gasteiger partial charge in [0.1, 0.15) is 11.3 Å². The highest BCUT2D eigenvalue weighted by atomic mass is 16.5. The first-order chi connectivity index (χ1) is 17.1. The second-order valence-corrected chi connectivity index (χ2v) is 8.77. The van der Waals surface area contributed by atoms with Crippen LogP contribution in [0.3, 0.4) is 0 Å². The topological polar surface area (TPSA) is 114 Å². The highest BCUT2D eigenvalue weighted by Crippen LogP contribution is 2.35. The monoisotopic (exact) mass is 473 g/mol. The van der Waals surface area contributed by atoms with E-state index < -0.39 is 0 Å². The molecule has 0 saturated carbocycles. The van der Waals surface area contributed by atoms with Crippen LogP contribution in [0.25, 0.3) is 33.4 Å². The van der Waals surface area contributed by atoms with Crippen molar-refractivity contribution >= 4 is 22.6 Å². The molecule has 3 aromatic heterocycles. The number of morpholine rings is 1. The van der Waals surface area contributed by atoms with Crippen LogP contribution >= 0.6 is 0 Å². The number of ether oxygens (including phenoxy) is 1. The van der Waals surface area contributed by atoms with Gasteiger partial charge in [-0.25, -0.2) is 4.98 Å². The summed E-state index contributed by atoms with van der Waals surface area (Å²) >= 11 is 0. The Bertz CT molecular complexity index is 1300. The van der Waals surface area contributed by atoms with Gasteiger partial charge in [-0.3, -0.25) is 14.4 Å². The predicted molar refractivity (Wildman–Crippen MR) is 137 cm³/mol. The second-order valence-electron chi connectivity index (χ2n) is 8.77. The number of anilines is 1. The molecular weight excluding hydrogens is 442 g/mol. The summed E-state index contributed by atoms with van der Waals surface area (Å²) in [5.74, 6) is -0.00673. The number of aryl methyl sites for hydroxylation is 1. The van der Waals surface area contributed by atoms with Gasteiger partial charge in [0.2, 0.25) is 5.91 Å². The van der Waals surface area contributed by atoms with Crippen LogP contribution in [0, 0.1) is 0 Å². The zero-order valence-electron chi connectivity index (χ0n) is 20.0. The molecule has 1 aromatic carbocycles. The number of nitrogens with one attached hydrogen (secondary N) is 2. The molecule has 182 valence electrons. The largest absolute Gasteiger partial charge is 0.399 e. The Hall–Kier alpha value is -3.69. The van der Waals surface area contributed by atoms with E-state index in [1.165, 1.54) is 0 Å². The predicted octanol–water partition coefficient (Wildman–Crippen LogP) is 2.69. The van der Waals surface area contributed by atoms with Crippen LogP contribution in [-0.2, 0) is 22.5 Å². The number of benzene rings is 1. The quantitative estimate of drug-likeness (QED) is 0.339. The zero-order chi connectivity index (χ0) is 24.2. The first-order valence-electron chi connectivity index (χ1n) is 12.1. The molecule has 1 saturated heterocycles. The zero-order valence-corrected chi connectivity index (χ0v) is 20.0. The molecule has 0 aliphatic carbocycles. The third-order valence-electron chi connectivity index (χ3n) is 6.35. The Morgan fingerprint density at radius 1 is 1.17 bits per heavy atom. The van der Waals surface area contributed by atoms with E-state index in [2.05, 4.69) is 33.3 Å². The van der Waals surface area contributed by atoms with E-state index in [9.17, 15) is 4.79 Å². The summed E-state index contributed by atoms with van der Waals surface area (Å²) < 4.78 is 7.31. The summed E-state index contributed by atoms with van der Waals surface area (Å²) in [4.78, 5) is 22.7. The average molecular weight is 474 g/mol. The summed E-state index contributed by atoms with van der Waals surface area (Å²) in [6.45, 7) is 7.65. The molecule has 1 aliphatic rings.